The van der Waals surface area contributed by atoms with Gasteiger partial charge >= 0.3 is 0 Å². The second-order valence-electron chi connectivity index (χ2n) is 6.62. The number of ether oxygens (including phenoxy) is 1. The zero-order valence-electron chi connectivity index (χ0n) is 13.4. The van der Waals surface area contributed by atoms with Gasteiger partial charge in [-0.3, -0.25) is 4.79 Å². The topological polar surface area (TPSA) is 41.6 Å². The molecule has 1 aliphatic carbocycles. The van der Waals surface area contributed by atoms with Gasteiger partial charge in [0.05, 0.1) is 18.8 Å². The Kier molecular flexibility index (Phi) is 5.12. The first-order chi connectivity index (χ1) is 10.8. The van der Waals surface area contributed by atoms with E-state index in [4.69, 9.17) is 4.74 Å². The zero-order valence-corrected chi connectivity index (χ0v) is 14.2. The van der Waals surface area contributed by atoms with E-state index in [0.717, 1.165) is 50.0 Å². The standard InChI is InChI=1S/C18H24N2O2.ClH/c21-18(14-5-3-7-15-13(14)6-4-10-19-15)20-11-12-22-17-9-2-1-8-16(17)20;/h3,5,7,16-17,19H,1-2,4,6,8-12H2;1H. The number of fused-ring (bicyclic) bond motifs is 2. The average molecular weight is 337 g/mol. The van der Waals surface area contributed by atoms with Gasteiger partial charge in [-0.15, -0.1) is 12.4 Å². The van der Waals surface area contributed by atoms with Crippen molar-refractivity contribution < 1.29 is 9.53 Å². The summed E-state index contributed by atoms with van der Waals surface area (Å²) in [5, 5.41) is 3.42. The van der Waals surface area contributed by atoms with E-state index in [0.29, 0.717) is 6.61 Å². The van der Waals surface area contributed by atoms with Crippen LogP contribution in [-0.4, -0.2) is 42.6 Å². The van der Waals surface area contributed by atoms with Crippen LogP contribution in [0.2, 0.25) is 0 Å². The molecule has 0 aromatic heterocycles. The highest BCUT2D eigenvalue weighted by atomic mass is 35.5. The molecule has 126 valence electrons. The number of nitrogens with zero attached hydrogens (tertiary/aromatic N) is 1. The van der Waals surface area contributed by atoms with Gasteiger partial charge < -0.3 is 15.0 Å². The first-order valence-electron chi connectivity index (χ1n) is 8.63. The molecule has 4 nitrogen and oxygen atoms in total. The molecular formula is C18H25ClN2O2. The fourth-order valence-corrected chi connectivity index (χ4v) is 4.21. The number of anilines is 1. The van der Waals surface area contributed by atoms with Crippen LogP contribution in [0.3, 0.4) is 0 Å². The van der Waals surface area contributed by atoms with Crippen molar-refractivity contribution in [3.05, 3.63) is 29.3 Å². The molecule has 4 rings (SSSR count). The maximum Gasteiger partial charge on any atom is 0.254 e. The fourth-order valence-electron chi connectivity index (χ4n) is 4.21. The number of hydrogen-bond acceptors (Lipinski definition) is 3. The Morgan fingerprint density at radius 1 is 1.22 bits per heavy atom. The highest BCUT2D eigenvalue weighted by Gasteiger charge is 2.37. The smallest absolute Gasteiger partial charge is 0.254 e. The summed E-state index contributed by atoms with van der Waals surface area (Å²) in [5.74, 6) is 0.209. The lowest BCUT2D eigenvalue weighted by atomic mass is 9.89. The van der Waals surface area contributed by atoms with Crippen LogP contribution in [0, 0.1) is 0 Å². The molecule has 0 spiro atoms. The van der Waals surface area contributed by atoms with E-state index in [1.165, 1.54) is 18.4 Å². The fraction of sp³-hybridized carbons (Fsp3) is 0.611. The SMILES string of the molecule is Cl.O=C(c1cccc2c1CCCN2)N1CCOC2CCCCC21. The molecule has 23 heavy (non-hydrogen) atoms. The Bertz CT molecular complexity index is 576. The van der Waals surface area contributed by atoms with Gasteiger partial charge in [-0.1, -0.05) is 18.9 Å². The van der Waals surface area contributed by atoms with Crippen LogP contribution in [0.5, 0.6) is 0 Å². The molecule has 1 aromatic rings. The first-order valence-corrected chi connectivity index (χ1v) is 8.63. The van der Waals surface area contributed by atoms with Crippen LogP contribution in [0.15, 0.2) is 18.2 Å². The third-order valence-electron chi connectivity index (χ3n) is 5.32. The number of amides is 1. The Balaban J connectivity index is 0.00000156. The number of nitrogens with one attached hydrogen (secondary N) is 1. The van der Waals surface area contributed by atoms with Gasteiger partial charge in [0.15, 0.2) is 0 Å². The molecule has 1 saturated heterocycles. The van der Waals surface area contributed by atoms with E-state index in [1.807, 2.05) is 12.1 Å². The summed E-state index contributed by atoms with van der Waals surface area (Å²) < 4.78 is 5.90. The summed E-state index contributed by atoms with van der Waals surface area (Å²) in [4.78, 5) is 15.3. The van der Waals surface area contributed by atoms with E-state index in [1.54, 1.807) is 0 Å². The molecule has 3 aliphatic rings. The summed E-state index contributed by atoms with van der Waals surface area (Å²) in [6.45, 7) is 2.42. The second-order valence-corrected chi connectivity index (χ2v) is 6.62. The van der Waals surface area contributed by atoms with Crippen molar-refractivity contribution in [2.75, 3.05) is 25.0 Å². The zero-order chi connectivity index (χ0) is 14.9. The number of benzene rings is 1. The van der Waals surface area contributed by atoms with Crippen LogP contribution >= 0.6 is 12.4 Å². The molecule has 2 heterocycles. The molecule has 1 saturated carbocycles. The monoisotopic (exact) mass is 336 g/mol. The number of carbonyl (C=O) groups is 1. The normalized spacial score (nSPS) is 26.3. The average Bonchev–Trinajstić information content (AvgIpc) is 2.60. The maximum absolute atomic E-state index is 13.2. The molecule has 2 unspecified atom stereocenters. The molecular weight excluding hydrogens is 312 g/mol. The van der Waals surface area contributed by atoms with Gasteiger partial charge in [0.25, 0.3) is 5.91 Å². The minimum absolute atomic E-state index is 0. The molecule has 1 amide bonds. The van der Waals surface area contributed by atoms with E-state index in [-0.39, 0.29) is 30.5 Å². The van der Waals surface area contributed by atoms with Crippen molar-refractivity contribution in [3.63, 3.8) is 0 Å². The first kappa shape index (κ1) is 16.6. The van der Waals surface area contributed by atoms with Crippen molar-refractivity contribution in [1.29, 1.82) is 0 Å². The third kappa shape index (κ3) is 3.07. The Labute approximate surface area is 144 Å². The lowest BCUT2D eigenvalue weighted by Crippen LogP contribution is -2.55. The molecule has 5 heteroatoms. The Morgan fingerprint density at radius 2 is 2.09 bits per heavy atom. The number of rotatable bonds is 1. The minimum Gasteiger partial charge on any atom is -0.385 e. The van der Waals surface area contributed by atoms with Gasteiger partial charge in [-0.25, -0.2) is 0 Å². The minimum atomic E-state index is 0. The van der Waals surface area contributed by atoms with Crippen molar-refractivity contribution in [2.45, 2.75) is 50.7 Å². The summed E-state index contributed by atoms with van der Waals surface area (Å²) in [5.41, 5.74) is 3.25. The van der Waals surface area contributed by atoms with Crippen molar-refractivity contribution in [2.24, 2.45) is 0 Å². The number of morpholine rings is 1. The highest BCUT2D eigenvalue weighted by molar-refractivity contribution is 5.97. The summed E-state index contributed by atoms with van der Waals surface area (Å²) >= 11 is 0. The molecule has 2 atom stereocenters. The van der Waals surface area contributed by atoms with E-state index in [2.05, 4.69) is 16.3 Å². The largest absolute Gasteiger partial charge is 0.385 e. The molecule has 0 bridgehead atoms. The number of halogens is 1. The predicted octanol–water partition coefficient (Wildman–Crippen LogP) is 3.25. The summed E-state index contributed by atoms with van der Waals surface area (Å²) in [6, 6.07) is 6.38. The molecule has 2 aliphatic heterocycles. The number of carbonyl (C=O) groups excluding carboxylic acids is 1. The summed E-state index contributed by atoms with van der Waals surface area (Å²) in [6.07, 6.45) is 6.99. The maximum atomic E-state index is 13.2. The van der Waals surface area contributed by atoms with E-state index in [9.17, 15) is 4.79 Å². The number of hydrogen-bond donors (Lipinski definition) is 1. The highest BCUT2D eigenvalue weighted by Crippen LogP contribution is 2.32. The van der Waals surface area contributed by atoms with Crippen molar-refractivity contribution in [1.82, 2.24) is 4.90 Å². The summed E-state index contributed by atoms with van der Waals surface area (Å²) in [7, 11) is 0. The third-order valence-corrected chi connectivity index (χ3v) is 5.32. The van der Waals surface area contributed by atoms with Gasteiger partial charge in [-0.2, -0.15) is 0 Å². The Hall–Kier alpha value is -1.26. The molecule has 2 fully saturated rings. The van der Waals surface area contributed by atoms with Gasteiger partial charge in [0.2, 0.25) is 0 Å². The second kappa shape index (κ2) is 7.10. The van der Waals surface area contributed by atoms with Crippen molar-refractivity contribution in [3.8, 4) is 0 Å². The lowest BCUT2D eigenvalue weighted by molar-refractivity contribution is -0.0753. The quantitative estimate of drug-likeness (QED) is 0.856. The van der Waals surface area contributed by atoms with Crippen molar-refractivity contribution >= 4 is 24.0 Å². The molecule has 0 radical (unpaired) electrons. The van der Waals surface area contributed by atoms with Crippen LogP contribution in [0.1, 0.15) is 48.0 Å². The molecule has 1 aromatic carbocycles. The van der Waals surface area contributed by atoms with Crippen LogP contribution in [0.25, 0.3) is 0 Å². The van der Waals surface area contributed by atoms with Crippen LogP contribution in [0.4, 0.5) is 5.69 Å². The van der Waals surface area contributed by atoms with Gasteiger partial charge in [-0.05, 0) is 43.4 Å². The lowest BCUT2D eigenvalue weighted by Gasteiger charge is -2.44. The van der Waals surface area contributed by atoms with E-state index >= 15 is 0 Å². The van der Waals surface area contributed by atoms with E-state index < -0.39 is 0 Å². The van der Waals surface area contributed by atoms with Crippen LogP contribution in [-0.2, 0) is 11.2 Å². The Morgan fingerprint density at radius 3 is 3.00 bits per heavy atom. The van der Waals surface area contributed by atoms with Gasteiger partial charge in [0, 0.05) is 24.3 Å². The van der Waals surface area contributed by atoms with Crippen LogP contribution < -0.4 is 5.32 Å². The molecule has 1 N–H and O–H groups in total. The predicted molar refractivity (Wildman–Crippen MR) is 93.5 cm³/mol. The van der Waals surface area contributed by atoms with Gasteiger partial charge in [0.1, 0.15) is 0 Å².